The second-order valence-corrected chi connectivity index (χ2v) is 3.56. The van der Waals surface area contributed by atoms with Gasteiger partial charge in [-0.1, -0.05) is 20.3 Å². The molecule has 0 rings (SSSR count). The highest BCUT2D eigenvalue weighted by Crippen LogP contribution is 2.25. The zero-order valence-corrected chi connectivity index (χ0v) is 9.96. The quantitative estimate of drug-likeness (QED) is 0.505. The van der Waals surface area contributed by atoms with Gasteiger partial charge in [-0.2, -0.15) is 0 Å². The zero-order chi connectivity index (χ0) is 11.9. The first-order valence-corrected chi connectivity index (χ1v) is 5.35. The van der Waals surface area contributed by atoms with Crippen molar-refractivity contribution in [3.8, 4) is 0 Å². The molecule has 4 nitrogen and oxygen atoms in total. The number of hydrogen-bond donors (Lipinski definition) is 0. The van der Waals surface area contributed by atoms with Gasteiger partial charge in [0, 0.05) is 26.7 Å². The third-order valence-electron chi connectivity index (χ3n) is 2.11. The number of carbonyl (C=O) groups excluding carboxylic acids is 2. The largest absolute Gasteiger partial charge is 0.423 e. The summed E-state index contributed by atoms with van der Waals surface area (Å²) in [5, 5.41) is 0. The molecule has 0 amide bonds. The summed E-state index contributed by atoms with van der Waals surface area (Å²) in [5.74, 6) is -1.91. The van der Waals surface area contributed by atoms with Crippen LogP contribution in [0, 0.1) is 0 Å². The van der Waals surface area contributed by atoms with E-state index >= 15 is 0 Å². The number of carbonyl (C=O) groups is 2. The molecule has 0 aromatic carbocycles. The minimum absolute atomic E-state index is 0.422. The SMILES string of the molecule is CCCCC(CC)(OC(C)=O)OC(C)=O. The number of hydrogen-bond acceptors (Lipinski definition) is 4. The van der Waals surface area contributed by atoms with Crippen LogP contribution in [0.4, 0.5) is 0 Å². The van der Waals surface area contributed by atoms with Gasteiger partial charge < -0.3 is 9.47 Å². The first-order valence-electron chi connectivity index (χ1n) is 5.35. The minimum atomic E-state index is -1.06. The first-order chi connectivity index (χ1) is 6.95. The molecular formula is C11H20O4. The molecule has 0 saturated heterocycles. The molecule has 0 fully saturated rings. The fourth-order valence-electron chi connectivity index (χ4n) is 1.41. The molecule has 0 aliphatic rings. The summed E-state index contributed by atoms with van der Waals surface area (Å²) in [6.07, 6.45) is 2.85. The highest BCUT2D eigenvalue weighted by atomic mass is 16.7. The topological polar surface area (TPSA) is 52.6 Å². The lowest BCUT2D eigenvalue weighted by atomic mass is 10.1. The Bertz CT molecular complexity index is 207. The van der Waals surface area contributed by atoms with Crippen LogP contribution in [-0.4, -0.2) is 17.7 Å². The van der Waals surface area contributed by atoms with Gasteiger partial charge in [0.2, 0.25) is 0 Å². The van der Waals surface area contributed by atoms with Crippen LogP contribution >= 0.6 is 0 Å². The van der Waals surface area contributed by atoms with E-state index in [1.165, 1.54) is 13.8 Å². The lowest BCUT2D eigenvalue weighted by Gasteiger charge is -2.31. The lowest BCUT2D eigenvalue weighted by molar-refractivity contribution is -0.230. The molecule has 4 heteroatoms. The number of esters is 2. The summed E-state index contributed by atoms with van der Waals surface area (Å²) < 4.78 is 10.2. The van der Waals surface area contributed by atoms with Crippen LogP contribution < -0.4 is 0 Å². The van der Waals surface area contributed by atoms with Crippen molar-refractivity contribution in [2.75, 3.05) is 0 Å². The highest BCUT2D eigenvalue weighted by Gasteiger charge is 2.34. The van der Waals surface area contributed by atoms with E-state index in [0.717, 1.165) is 12.8 Å². The Morgan fingerprint density at radius 1 is 1.07 bits per heavy atom. The Labute approximate surface area is 90.9 Å². The third-order valence-corrected chi connectivity index (χ3v) is 2.11. The first kappa shape index (κ1) is 13.9. The molecule has 0 aromatic heterocycles. The van der Waals surface area contributed by atoms with Crippen LogP contribution in [-0.2, 0) is 19.1 Å². The molecule has 0 aliphatic carbocycles. The molecular weight excluding hydrogens is 196 g/mol. The van der Waals surface area contributed by atoms with E-state index in [1.807, 2.05) is 13.8 Å². The van der Waals surface area contributed by atoms with Gasteiger partial charge in [0.1, 0.15) is 0 Å². The monoisotopic (exact) mass is 216 g/mol. The molecule has 0 saturated carbocycles. The Morgan fingerprint density at radius 2 is 1.53 bits per heavy atom. The van der Waals surface area contributed by atoms with Crippen molar-refractivity contribution >= 4 is 11.9 Å². The van der Waals surface area contributed by atoms with Gasteiger partial charge in [0.05, 0.1) is 0 Å². The number of ether oxygens (including phenoxy) is 2. The van der Waals surface area contributed by atoms with Gasteiger partial charge >= 0.3 is 11.9 Å². The molecule has 0 atom stereocenters. The maximum atomic E-state index is 10.9. The summed E-state index contributed by atoms with van der Waals surface area (Å²) in [6, 6.07) is 0. The molecule has 0 N–H and O–H groups in total. The fraction of sp³-hybridized carbons (Fsp3) is 0.818. The van der Waals surface area contributed by atoms with Gasteiger partial charge in [-0.25, -0.2) is 0 Å². The predicted octanol–water partition coefficient (Wildman–Crippen LogP) is 2.41. The Hall–Kier alpha value is -1.06. The van der Waals surface area contributed by atoms with Crippen molar-refractivity contribution in [3.63, 3.8) is 0 Å². The molecule has 0 radical (unpaired) electrons. The van der Waals surface area contributed by atoms with Crippen LogP contribution in [0.5, 0.6) is 0 Å². The van der Waals surface area contributed by atoms with Crippen molar-refractivity contribution in [2.24, 2.45) is 0 Å². The predicted molar refractivity (Wildman–Crippen MR) is 56.1 cm³/mol. The summed E-state index contributed by atoms with van der Waals surface area (Å²) in [5.41, 5.74) is 0. The number of rotatable bonds is 6. The summed E-state index contributed by atoms with van der Waals surface area (Å²) in [6.45, 7) is 6.50. The third kappa shape index (κ3) is 5.40. The van der Waals surface area contributed by atoms with Crippen LogP contribution in [0.25, 0.3) is 0 Å². The molecule has 0 bridgehead atoms. The fourth-order valence-corrected chi connectivity index (χ4v) is 1.41. The van der Waals surface area contributed by atoms with Gasteiger partial charge in [0.25, 0.3) is 5.79 Å². The summed E-state index contributed by atoms with van der Waals surface area (Å²) in [7, 11) is 0. The standard InChI is InChI=1S/C11H20O4/c1-5-7-8-11(6-2,14-9(3)12)15-10(4)13/h5-8H2,1-4H3. The molecule has 0 aliphatic heterocycles. The second kappa shape index (κ2) is 6.43. The van der Waals surface area contributed by atoms with Crippen LogP contribution in [0.3, 0.4) is 0 Å². The van der Waals surface area contributed by atoms with Gasteiger partial charge in [0.15, 0.2) is 0 Å². The van der Waals surface area contributed by atoms with Crippen LogP contribution in [0.1, 0.15) is 53.4 Å². The van der Waals surface area contributed by atoms with Crippen molar-refractivity contribution in [1.82, 2.24) is 0 Å². The maximum Gasteiger partial charge on any atom is 0.305 e. The number of unbranched alkanes of at least 4 members (excludes halogenated alkanes) is 1. The van der Waals surface area contributed by atoms with E-state index in [2.05, 4.69) is 0 Å². The van der Waals surface area contributed by atoms with Crippen molar-refractivity contribution in [2.45, 2.75) is 59.2 Å². The summed E-state index contributed by atoms with van der Waals surface area (Å²) >= 11 is 0. The van der Waals surface area contributed by atoms with Gasteiger partial charge in [-0.05, 0) is 6.42 Å². The Morgan fingerprint density at radius 3 is 1.80 bits per heavy atom. The molecule has 15 heavy (non-hydrogen) atoms. The zero-order valence-electron chi connectivity index (χ0n) is 9.96. The van der Waals surface area contributed by atoms with Crippen molar-refractivity contribution in [1.29, 1.82) is 0 Å². The van der Waals surface area contributed by atoms with E-state index in [0.29, 0.717) is 12.8 Å². The smallest absolute Gasteiger partial charge is 0.305 e. The normalized spacial score (nSPS) is 10.9. The molecule has 0 aromatic rings. The molecule has 88 valence electrons. The second-order valence-electron chi connectivity index (χ2n) is 3.56. The van der Waals surface area contributed by atoms with E-state index < -0.39 is 17.7 Å². The van der Waals surface area contributed by atoms with Crippen molar-refractivity contribution in [3.05, 3.63) is 0 Å². The maximum absolute atomic E-state index is 10.9. The van der Waals surface area contributed by atoms with E-state index in [-0.39, 0.29) is 0 Å². The van der Waals surface area contributed by atoms with Crippen molar-refractivity contribution < 1.29 is 19.1 Å². The van der Waals surface area contributed by atoms with Crippen LogP contribution in [0.15, 0.2) is 0 Å². The Kier molecular flexibility index (Phi) is 5.97. The van der Waals surface area contributed by atoms with Crippen LogP contribution in [0.2, 0.25) is 0 Å². The van der Waals surface area contributed by atoms with Gasteiger partial charge in [-0.15, -0.1) is 0 Å². The Balaban J connectivity index is 4.58. The summed E-state index contributed by atoms with van der Waals surface area (Å²) in [4.78, 5) is 21.9. The lowest BCUT2D eigenvalue weighted by Crippen LogP contribution is -2.38. The average molecular weight is 216 g/mol. The minimum Gasteiger partial charge on any atom is -0.423 e. The average Bonchev–Trinajstić information content (AvgIpc) is 2.12. The highest BCUT2D eigenvalue weighted by molar-refractivity contribution is 5.68. The van der Waals surface area contributed by atoms with E-state index in [9.17, 15) is 9.59 Å². The van der Waals surface area contributed by atoms with E-state index in [4.69, 9.17) is 9.47 Å². The van der Waals surface area contributed by atoms with E-state index in [1.54, 1.807) is 0 Å². The molecule has 0 spiro atoms. The molecule has 0 unspecified atom stereocenters. The van der Waals surface area contributed by atoms with Gasteiger partial charge in [-0.3, -0.25) is 9.59 Å². The molecule has 0 heterocycles.